The maximum atomic E-state index is 12.2. The number of hydrogen-bond acceptors (Lipinski definition) is 6. The third-order valence-corrected chi connectivity index (χ3v) is 4.03. The zero-order valence-electron chi connectivity index (χ0n) is 13.9. The van der Waals surface area contributed by atoms with Crippen LogP contribution in [0.25, 0.3) is 0 Å². The lowest BCUT2D eigenvalue weighted by atomic mass is 9.99. The van der Waals surface area contributed by atoms with Crippen molar-refractivity contribution in [1.82, 2.24) is 24.9 Å². The Morgan fingerprint density at radius 3 is 3.04 bits per heavy atom. The molecule has 0 fully saturated rings. The number of aryl methyl sites for hydroxylation is 1. The van der Waals surface area contributed by atoms with E-state index in [0.29, 0.717) is 26.3 Å². The third-order valence-electron chi connectivity index (χ3n) is 4.03. The lowest BCUT2D eigenvalue weighted by molar-refractivity contribution is -0.136. The van der Waals surface area contributed by atoms with Crippen molar-refractivity contribution < 1.29 is 14.3 Å². The number of methoxy groups -OCH3 is 1. The molecule has 8 nitrogen and oxygen atoms in total. The fraction of sp³-hybridized carbons (Fsp3) is 0.500. The van der Waals surface area contributed by atoms with E-state index in [1.165, 1.54) is 7.11 Å². The van der Waals surface area contributed by atoms with Gasteiger partial charge in [0.05, 0.1) is 31.1 Å². The Morgan fingerprint density at radius 2 is 2.29 bits per heavy atom. The van der Waals surface area contributed by atoms with Crippen molar-refractivity contribution in [2.45, 2.75) is 19.1 Å². The summed E-state index contributed by atoms with van der Waals surface area (Å²) in [5, 5.41) is 8.26. The molecule has 0 radical (unpaired) electrons. The fourth-order valence-electron chi connectivity index (χ4n) is 2.94. The molecule has 0 aromatic carbocycles. The van der Waals surface area contributed by atoms with Gasteiger partial charge in [-0.2, -0.15) is 0 Å². The first kappa shape index (κ1) is 16.5. The molecule has 0 aliphatic carbocycles. The molecule has 0 N–H and O–H groups in total. The van der Waals surface area contributed by atoms with Gasteiger partial charge in [0.25, 0.3) is 0 Å². The molecule has 1 aliphatic rings. The number of carbonyl (C=O) groups is 1. The van der Waals surface area contributed by atoms with Crippen LogP contribution >= 0.6 is 0 Å². The highest BCUT2D eigenvalue weighted by atomic mass is 16.5. The van der Waals surface area contributed by atoms with Gasteiger partial charge >= 0.3 is 0 Å². The molecule has 2 aromatic rings. The average Bonchev–Trinajstić information content (AvgIpc) is 2.97. The van der Waals surface area contributed by atoms with Crippen molar-refractivity contribution in [1.29, 1.82) is 0 Å². The Morgan fingerprint density at radius 1 is 1.42 bits per heavy atom. The van der Waals surface area contributed by atoms with E-state index in [4.69, 9.17) is 9.47 Å². The highest BCUT2D eigenvalue weighted by Gasteiger charge is 2.32. The third kappa shape index (κ3) is 3.60. The summed E-state index contributed by atoms with van der Waals surface area (Å²) in [6, 6.07) is 5.73. The largest absolute Gasteiger partial charge is 0.375 e. The van der Waals surface area contributed by atoms with E-state index in [0.717, 1.165) is 17.1 Å². The molecule has 24 heavy (non-hydrogen) atoms. The number of fused-ring (bicyclic) bond motifs is 1. The Labute approximate surface area is 140 Å². The van der Waals surface area contributed by atoms with E-state index >= 15 is 0 Å². The maximum absolute atomic E-state index is 12.2. The number of rotatable bonds is 6. The van der Waals surface area contributed by atoms with Crippen LogP contribution in [0.2, 0.25) is 0 Å². The van der Waals surface area contributed by atoms with Gasteiger partial charge in [0.1, 0.15) is 12.3 Å². The number of pyridine rings is 1. The summed E-state index contributed by atoms with van der Waals surface area (Å²) >= 11 is 0. The number of ether oxygens (including phenoxy) is 2. The van der Waals surface area contributed by atoms with Gasteiger partial charge in [-0.05, 0) is 12.1 Å². The van der Waals surface area contributed by atoms with Crippen molar-refractivity contribution in [3.05, 3.63) is 41.5 Å². The van der Waals surface area contributed by atoms with Crippen molar-refractivity contribution in [3.8, 4) is 0 Å². The van der Waals surface area contributed by atoms with Gasteiger partial charge in [0.15, 0.2) is 0 Å². The second kappa shape index (κ2) is 7.50. The van der Waals surface area contributed by atoms with Gasteiger partial charge in [-0.3, -0.25) is 14.5 Å². The van der Waals surface area contributed by atoms with Gasteiger partial charge in [-0.25, -0.2) is 0 Å². The summed E-state index contributed by atoms with van der Waals surface area (Å²) in [4.78, 5) is 18.1. The smallest absolute Gasteiger partial charge is 0.248 e. The molecule has 1 aliphatic heterocycles. The minimum atomic E-state index is -0.0523. The van der Waals surface area contributed by atoms with Gasteiger partial charge in [0.2, 0.25) is 5.91 Å². The van der Waals surface area contributed by atoms with E-state index in [9.17, 15) is 4.79 Å². The average molecular weight is 331 g/mol. The van der Waals surface area contributed by atoms with Gasteiger partial charge in [-0.15, -0.1) is 5.10 Å². The molecule has 0 saturated heterocycles. The first-order chi connectivity index (χ1) is 11.7. The van der Waals surface area contributed by atoms with E-state index in [2.05, 4.69) is 15.3 Å². The summed E-state index contributed by atoms with van der Waals surface area (Å²) in [5.74, 6) is -0.0261. The summed E-state index contributed by atoms with van der Waals surface area (Å²) in [6.07, 6.45) is 1.74. The number of amides is 1. The fourth-order valence-corrected chi connectivity index (χ4v) is 2.94. The monoisotopic (exact) mass is 331 g/mol. The van der Waals surface area contributed by atoms with Crippen LogP contribution in [0.5, 0.6) is 0 Å². The predicted octanol–water partition coefficient (Wildman–Crippen LogP) is 0.499. The van der Waals surface area contributed by atoms with Crippen molar-refractivity contribution in [2.75, 3.05) is 26.9 Å². The molecule has 128 valence electrons. The van der Waals surface area contributed by atoms with Crippen LogP contribution in [0.4, 0.5) is 0 Å². The lowest BCUT2D eigenvalue weighted by Crippen LogP contribution is -2.41. The summed E-state index contributed by atoms with van der Waals surface area (Å²) < 4.78 is 12.5. The quantitative estimate of drug-likeness (QED) is 0.766. The molecular weight excluding hydrogens is 310 g/mol. The summed E-state index contributed by atoms with van der Waals surface area (Å²) in [7, 11) is 3.38. The van der Waals surface area contributed by atoms with E-state index in [1.807, 2.05) is 25.2 Å². The van der Waals surface area contributed by atoms with Gasteiger partial charge in [0, 0.05) is 32.8 Å². The molecule has 1 amide bonds. The van der Waals surface area contributed by atoms with Gasteiger partial charge < -0.3 is 14.4 Å². The first-order valence-electron chi connectivity index (χ1n) is 7.82. The van der Waals surface area contributed by atoms with E-state index < -0.39 is 0 Å². The van der Waals surface area contributed by atoms with E-state index in [-0.39, 0.29) is 18.4 Å². The zero-order chi connectivity index (χ0) is 16.9. The zero-order valence-corrected chi connectivity index (χ0v) is 13.9. The molecule has 0 spiro atoms. The second-order valence-corrected chi connectivity index (χ2v) is 5.79. The van der Waals surface area contributed by atoms with Crippen LogP contribution in [0.15, 0.2) is 24.4 Å². The SMILES string of the molecule is COCC(=O)N1Cc2nnn(C)c2[C@@H](COCc2ccccn2)C1. The molecule has 3 heterocycles. The summed E-state index contributed by atoms with van der Waals surface area (Å²) in [6.45, 7) is 2.00. The number of carbonyl (C=O) groups excluding carboxylic acids is 1. The van der Waals surface area contributed by atoms with Crippen molar-refractivity contribution in [3.63, 3.8) is 0 Å². The van der Waals surface area contributed by atoms with Crippen LogP contribution in [0, 0.1) is 0 Å². The minimum Gasteiger partial charge on any atom is -0.375 e. The van der Waals surface area contributed by atoms with Crippen LogP contribution in [0.1, 0.15) is 23.0 Å². The molecule has 0 bridgehead atoms. The molecule has 2 aromatic heterocycles. The second-order valence-electron chi connectivity index (χ2n) is 5.79. The van der Waals surface area contributed by atoms with Crippen molar-refractivity contribution >= 4 is 5.91 Å². The van der Waals surface area contributed by atoms with E-state index in [1.54, 1.807) is 15.8 Å². The topological polar surface area (TPSA) is 82.4 Å². The standard InChI is InChI=1S/C16H21N5O3/c1-20-16-12(9-24-10-13-5-3-4-6-17-13)7-21(15(22)11-23-2)8-14(16)18-19-20/h3-6,12H,7-11H2,1-2H3/t12-/m1/s1. The first-order valence-corrected chi connectivity index (χ1v) is 7.82. The number of aromatic nitrogens is 4. The summed E-state index contributed by atoms with van der Waals surface area (Å²) in [5.41, 5.74) is 2.72. The molecular formula is C16H21N5O3. The predicted molar refractivity (Wildman–Crippen MR) is 84.9 cm³/mol. The minimum absolute atomic E-state index is 0.0262. The number of nitrogens with zero attached hydrogens (tertiary/aromatic N) is 5. The Hall–Kier alpha value is -2.32. The highest BCUT2D eigenvalue weighted by molar-refractivity contribution is 5.77. The van der Waals surface area contributed by atoms with Crippen LogP contribution in [-0.2, 0) is 34.5 Å². The molecule has 3 rings (SSSR count). The Balaban J connectivity index is 1.68. The number of hydrogen-bond donors (Lipinski definition) is 0. The normalized spacial score (nSPS) is 16.9. The van der Waals surface area contributed by atoms with Crippen LogP contribution < -0.4 is 0 Å². The Bertz CT molecular complexity index is 688. The highest BCUT2D eigenvalue weighted by Crippen LogP contribution is 2.27. The molecule has 0 unspecified atom stereocenters. The molecule has 8 heteroatoms. The van der Waals surface area contributed by atoms with Crippen LogP contribution in [0.3, 0.4) is 0 Å². The molecule has 0 saturated carbocycles. The lowest BCUT2D eigenvalue weighted by Gasteiger charge is -2.32. The Kier molecular flexibility index (Phi) is 5.17. The van der Waals surface area contributed by atoms with Crippen molar-refractivity contribution in [2.24, 2.45) is 7.05 Å². The molecule has 1 atom stereocenters. The van der Waals surface area contributed by atoms with Gasteiger partial charge in [-0.1, -0.05) is 11.3 Å². The maximum Gasteiger partial charge on any atom is 0.248 e. The van der Waals surface area contributed by atoms with Crippen LogP contribution in [-0.4, -0.2) is 57.7 Å².